The predicted octanol–water partition coefficient (Wildman–Crippen LogP) is 2.38. The molecule has 0 bridgehead atoms. The Labute approximate surface area is 184 Å². The Balaban J connectivity index is 1.66. The van der Waals surface area contributed by atoms with Gasteiger partial charge in [0, 0.05) is 39.1 Å². The van der Waals surface area contributed by atoms with E-state index in [1.165, 1.54) is 4.57 Å². The van der Waals surface area contributed by atoms with Crippen molar-refractivity contribution in [1.82, 2.24) is 14.0 Å². The number of carbonyl (C=O) groups excluding carboxylic acids is 2. The minimum atomic E-state index is -0.732. The van der Waals surface area contributed by atoms with E-state index >= 15 is 0 Å². The lowest BCUT2D eigenvalue weighted by Crippen LogP contribution is -2.41. The zero-order valence-corrected chi connectivity index (χ0v) is 17.9. The summed E-state index contributed by atoms with van der Waals surface area (Å²) in [6.07, 6.45) is 4.47. The molecule has 0 aliphatic carbocycles. The molecule has 0 saturated heterocycles. The van der Waals surface area contributed by atoms with Gasteiger partial charge in [0.2, 0.25) is 0 Å². The molecule has 1 aliphatic rings. The lowest BCUT2D eigenvalue weighted by molar-refractivity contribution is 0.0724. The van der Waals surface area contributed by atoms with Crippen molar-refractivity contribution in [2.24, 2.45) is 12.8 Å². The number of halogens is 1. The van der Waals surface area contributed by atoms with Gasteiger partial charge < -0.3 is 19.8 Å². The van der Waals surface area contributed by atoms with Crippen molar-refractivity contribution in [3.8, 4) is 0 Å². The van der Waals surface area contributed by atoms with E-state index in [1.54, 1.807) is 35.0 Å². The summed E-state index contributed by atoms with van der Waals surface area (Å²) in [7, 11) is 1.77. The number of rotatable bonds is 5. The first-order chi connectivity index (χ1) is 14.8. The lowest BCUT2D eigenvalue weighted by atomic mass is 9.96. The molecular weight excluding hydrogens is 416 g/mol. The Bertz CT molecular complexity index is 1210. The first-order valence-electron chi connectivity index (χ1n) is 10.0. The highest BCUT2D eigenvalue weighted by Gasteiger charge is 2.28. The highest BCUT2D eigenvalue weighted by molar-refractivity contribution is 6.31. The molecule has 0 saturated carbocycles. The molecular formula is C23H23ClN4O3. The number of pyridine rings is 1. The zero-order chi connectivity index (χ0) is 22.1. The van der Waals surface area contributed by atoms with Gasteiger partial charge in [-0.05, 0) is 35.6 Å². The smallest absolute Gasteiger partial charge is 0.270 e. The number of nitrogens with zero attached hydrogens (tertiary/aromatic N) is 3. The van der Waals surface area contributed by atoms with Crippen LogP contribution in [0.5, 0.6) is 0 Å². The van der Waals surface area contributed by atoms with E-state index in [1.807, 2.05) is 30.3 Å². The van der Waals surface area contributed by atoms with Gasteiger partial charge in [-0.2, -0.15) is 0 Å². The Kier molecular flexibility index (Phi) is 5.69. The van der Waals surface area contributed by atoms with Crippen molar-refractivity contribution in [1.29, 1.82) is 0 Å². The maximum absolute atomic E-state index is 13.0. The van der Waals surface area contributed by atoms with Crippen molar-refractivity contribution in [3.63, 3.8) is 0 Å². The maximum atomic E-state index is 13.0. The summed E-state index contributed by atoms with van der Waals surface area (Å²) in [6.45, 7) is 1.10. The SMILES string of the molecule is Cn1cc(Cl)cc1C(=O)N1CCc2c(cn(CCc3ccccc3)c(=O)c2C(N)=O)C1. The molecule has 2 amide bonds. The van der Waals surface area contributed by atoms with Crippen LogP contribution in [0.1, 0.15) is 37.5 Å². The minimum Gasteiger partial charge on any atom is -0.365 e. The fourth-order valence-corrected chi connectivity index (χ4v) is 4.35. The second-order valence-electron chi connectivity index (χ2n) is 7.74. The Morgan fingerprint density at radius 1 is 1.16 bits per heavy atom. The van der Waals surface area contributed by atoms with E-state index in [0.717, 1.165) is 11.1 Å². The second kappa shape index (κ2) is 8.43. The summed E-state index contributed by atoms with van der Waals surface area (Å²) >= 11 is 6.03. The Hall–Kier alpha value is -3.32. The monoisotopic (exact) mass is 438 g/mol. The molecule has 7 nitrogen and oxygen atoms in total. The van der Waals surface area contributed by atoms with Crippen LogP contribution in [-0.4, -0.2) is 32.4 Å². The Morgan fingerprint density at radius 2 is 1.90 bits per heavy atom. The highest BCUT2D eigenvalue weighted by Crippen LogP contribution is 2.23. The molecule has 3 heterocycles. The molecule has 0 unspecified atom stereocenters. The van der Waals surface area contributed by atoms with Gasteiger partial charge in [-0.3, -0.25) is 14.4 Å². The van der Waals surface area contributed by atoms with Gasteiger partial charge in [0.25, 0.3) is 17.4 Å². The number of hydrogen-bond donors (Lipinski definition) is 1. The largest absolute Gasteiger partial charge is 0.365 e. The van der Waals surface area contributed by atoms with Gasteiger partial charge in [0.1, 0.15) is 11.3 Å². The molecule has 160 valence electrons. The van der Waals surface area contributed by atoms with Gasteiger partial charge in [-0.1, -0.05) is 41.9 Å². The number of fused-ring (bicyclic) bond motifs is 1. The quantitative estimate of drug-likeness (QED) is 0.663. The molecule has 1 aromatic carbocycles. The van der Waals surface area contributed by atoms with Crippen LogP contribution in [0.3, 0.4) is 0 Å². The maximum Gasteiger partial charge on any atom is 0.270 e. The first kappa shape index (κ1) is 20.9. The van der Waals surface area contributed by atoms with E-state index in [9.17, 15) is 14.4 Å². The zero-order valence-electron chi connectivity index (χ0n) is 17.2. The van der Waals surface area contributed by atoms with Crippen LogP contribution in [0.4, 0.5) is 0 Å². The van der Waals surface area contributed by atoms with E-state index in [2.05, 4.69) is 0 Å². The van der Waals surface area contributed by atoms with Crippen molar-refractivity contribution in [2.75, 3.05) is 6.54 Å². The lowest BCUT2D eigenvalue weighted by Gasteiger charge is -2.30. The van der Waals surface area contributed by atoms with Crippen molar-refractivity contribution in [2.45, 2.75) is 25.9 Å². The van der Waals surface area contributed by atoms with Crippen molar-refractivity contribution >= 4 is 23.4 Å². The molecule has 3 aromatic rings. The number of benzene rings is 1. The summed E-state index contributed by atoms with van der Waals surface area (Å²) in [5, 5.41) is 0.494. The molecule has 8 heteroatoms. The van der Waals surface area contributed by atoms with E-state index in [0.29, 0.717) is 48.8 Å². The number of amides is 2. The molecule has 0 atom stereocenters. The normalized spacial score (nSPS) is 13.2. The third-order valence-electron chi connectivity index (χ3n) is 5.68. The Morgan fingerprint density at radius 3 is 2.55 bits per heavy atom. The molecule has 31 heavy (non-hydrogen) atoms. The molecule has 0 fully saturated rings. The fraction of sp³-hybridized carbons (Fsp3) is 0.261. The third-order valence-corrected chi connectivity index (χ3v) is 5.88. The second-order valence-corrected chi connectivity index (χ2v) is 8.17. The molecule has 4 rings (SSSR count). The summed E-state index contributed by atoms with van der Waals surface area (Å²) < 4.78 is 3.22. The van der Waals surface area contributed by atoms with Crippen LogP contribution < -0.4 is 11.3 Å². The standard InChI is InChI=1S/C23H23ClN4O3/c1-26-14-17(24)11-19(26)22(30)27-10-8-18-16(12-27)13-28(23(31)20(18)21(25)29)9-7-15-5-3-2-4-6-15/h2-6,11,13-14H,7-10,12H2,1H3,(H2,25,29). The molecule has 0 spiro atoms. The van der Waals surface area contributed by atoms with Gasteiger partial charge in [0.05, 0.1) is 5.02 Å². The summed E-state index contributed by atoms with van der Waals surface area (Å²) in [5.41, 5.74) is 8.20. The number of aromatic nitrogens is 2. The number of primary amides is 1. The summed E-state index contributed by atoms with van der Waals surface area (Å²) in [6, 6.07) is 11.4. The molecule has 2 aromatic heterocycles. The van der Waals surface area contributed by atoms with Gasteiger partial charge >= 0.3 is 0 Å². The summed E-state index contributed by atoms with van der Waals surface area (Å²) in [4.78, 5) is 39.8. The van der Waals surface area contributed by atoms with Gasteiger partial charge in [-0.25, -0.2) is 0 Å². The van der Waals surface area contributed by atoms with Crippen LogP contribution in [0.25, 0.3) is 0 Å². The van der Waals surface area contributed by atoms with Crippen LogP contribution in [0, 0.1) is 0 Å². The van der Waals surface area contributed by atoms with Crippen LogP contribution in [-0.2, 0) is 33.0 Å². The summed E-state index contributed by atoms with van der Waals surface area (Å²) in [5.74, 6) is -0.882. The number of hydrogen-bond acceptors (Lipinski definition) is 3. The van der Waals surface area contributed by atoms with Gasteiger partial charge in [-0.15, -0.1) is 0 Å². The average Bonchev–Trinajstić information content (AvgIpc) is 3.09. The van der Waals surface area contributed by atoms with E-state index < -0.39 is 5.91 Å². The van der Waals surface area contributed by atoms with Crippen LogP contribution in [0.15, 0.2) is 53.6 Å². The van der Waals surface area contributed by atoms with Crippen LogP contribution >= 0.6 is 11.6 Å². The first-order valence-corrected chi connectivity index (χ1v) is 10.4. The van der Waals surface area contributed by atoms with E-state index in [-0.39, 0.29) is 17.0 Å². The number of carbonyl (C=O) groups is 2. The average molecular weight is 439 g/mol. The predicted molar refractivity (Wildman–Crippen MR) is 118 cm³/mol. The third kappa shape index (κ3) is 4.14. The number of nitrogens with two attached hydrogens (primary N) is 1. The minimum absolute atomic E-state index is 0.0274. The molecule has 1 aliphatic heterocycles. The van der Waals surface area contributed by atoms with Gasteiger partial charge in [0.15, 0.2) is 0 Å². The van der Waals surface area contributed by atoms with Crippen molar-refractivity contribution in [3.05, 3.63) is 92.1 Å². The molecule has 2 N–H and O–H groups in total. The van der Waals surface area contributed by atoms with Crippen LogP contribution in [0.2, 0.25) is 5.02 Å². The highest BCUT2D eigenvalue weighted by atomic mass is 35.5. The topological polar surface area (TPSA) is 90.3 Å². The number of aryl methyl sites for hydroxylation is 3. The fourth-order valence-electron chi connectivity index (χ4n) is 4.10. The van der Waals surface area contributed by atoms with E-state index in [4.69, 9.17) is 17.3 Å². The molecule has 0 radical (unpaired) electrons. The van der Waals surface area contributed by atoms with Crippen molar-refractivity contribution < 1.29 is 9.59 Å².